The van der Waals surface area contributed by atoms with Crippen LogP contribution in [0.4, 0.5) is 0 Å². The Morgan fingerprint density at radius 1 is 1.39 bits per heavy atom. The van der Waals surface area contributed by atoms with Crippen LogP contribution in [0.3, 0.4) is 0 Å². The third kappa shape index (κ3) is 5.68. The Labute approximate surface area is 144 Å². The molecule has 1 N–H and O–H groups in total. The molecule has 1 saturated heterocycles. The number of thiophene rings is 1. The molecule has 1 atom stereocenters. The van der Waals surface area contributed by atoms with Crippen LogP contribution in [0.5, 0.6) is 0 Å². The monoisotopic (exact) mass is 338 g/mol. The summed E-state index contributed by atoms with van der Waals surface area (Å²) >= 11 is 1.54. The van der Waals surface area contributed by atoms with Crippen molar-refractivity contribution in [3.05, 3.63) is 21.9 Å². The van der Waals surface area contributed by atoms with Gasteiger partial charge in [0, 0.05) is 45.4 Å². The van der Waals surface area contributed by atoms with E-state index in [2.05, 4.69) is 36.0 Å². The molecule has 1 aromatic heterocycles. The van der Waals surface area contributed by atoms with E-state index in [1.165, 1.54) is 16.9 Å². The number of aliphatic hydroxyl groups is 1. The molecule has 1 aliphatic heterocycles. The molecule has 1 fully saturated rings. The number of carbonyl (C=O) groups excluding carboxylic acids is 1. The summed E-state index contributed by atoms with van der Waals surface area (Å²) in [6, 6.07) is 2.44. The predicted molar refractivity (Wildman–Crippen MR) is 96.1 cm³/mol. The molecule has 0 spiro atoms. The van der Waals surface area contributed by atoms with E-state index in [4.69, 9.17) is 0 Å². The van der Waals surface area contributed by atoms with Gasteiger partial charge in [0.15, 0.2) is 5.78 Å². The number of piperazine rings is 1. The Balaban J connectivity index is 1.96. The van der Waals surface area contributed by atoms with Crippen molar-refractivity contribution < 1.29 is 9.90 Å². The van der Waals surface area contributed by atoms with Crippen LogP contribution in [-0.4, -0.2) is 59.5 Å². The third-order valence-corrected chi connectivity index (χ3v) is 5.32. The molecule has 23 heavy (non-hydrogen) atoms. The minimum Gasteiger partial charge on any atom is -0.396 e. The van der Waals surface area contributed by atoms with Crippen molar-refractivity contribution >= 4 is 17.1 Å². The van der Waals surface area contributed by atoms with Gasteiger partial charge in [-0.2, -0.15) is 0 Å². The Hall–Kier alpha value is -0.750. The van der Waals surface area contributed by atoms with Gasteiger partial charge in [0.25, 0.3) is 0 Å². The lowest BCUT2D eigenvalue weighted by Gasteiger charge is -2.43. The second kappa shape index (κ2) is 7.88. The first-order valence-electron chi connectivity index (χ1n) is 8.44. The fourth-order valence-corrected chi connectivity index (χ4v) is 4.05. The number of Topliss-reactive ketones (excluding diaryl/α,β-unsaturated/α-hetero) is 1. The largest absolute Gasteiger partial charge is 0.396 e. The second-order valence-electron chi connectivity index (χ2n) is 7.81. The van der Waals surface area contributed by atoms with Crippen molar-refractivity contribution in [3.63, 3.8) is 0 Å². The minimum atomic E-state index is 0.148. The van der Waals surface area contributed by atoms with Crippen molar-refractivity contribution in [2.45, 2.75) is 46.7 Å². The topological polar surface area (TPSA) is 43.8 Å². The lowest BCUT2D eigenvalue weighted by molar-refractivity contribution is 0.0340. The van der Waals surface area contributed by atoms with E-state index in [-0.39, 0.29) is 17.8 Å². The van der Waals surface area contributed by atoms with Gasteiger partial charge in [-0.1, -0.05) is 20.8 Å². The number of hydrogen-bond donors (Lipinski definition) is 1. The predicted octanol–water partition coefficient (Wildman–Crippen LogP) is 2.87. The van der Waals surface area contributed by atoms with E-state index in [9.17, 15) is 9.90 Å². The summed E-state index contributed by atoms with van der Waals surface area (Å²) in [7, 11) is 0. The Kier molecular flexibility index (Phi) is 6.37. The Morgan fingerprint density at radius 3 is 2.70 bits per heavy atom. The zero-order valence-electron chi connectivity index (χ0n) is 14.8. The molecular formula is C18H30N2O2S. The van der Waals surface area contributed by atoms with E-state index in [1.54, 1.807) is 6.92 Å². The number of hydrogen-bond acceptors (Lipinski definition) is 5. The Morgan fingerprint density at radius 2 is 2.13 bits per heavy atom. The van der Waals surface area contributed by atoms with Crippen LogP contribution >= 0.6 is 11.3 Å². The summed E-state index contributed by atoms with van der Waals surface area (Å²) < 4.78 is 0. The summed E-state index contributed by atoms with van der Waals surface area (Å²) in [5.74, 6) is 0.148. The molecule has 5 heteroatoms. The number of carbonyl (C=O) groups is 1. The van der Waals surface area contributed by atoms with Crippen molar-refractivity contribution in [2.75, 3.05) is 32.8 Å². The van der Waals surface area contributed by atoms with E-state index < -0.39 is 0 Å². The molecule has 130 valence electrons. The number of rotatable bonds is 6. The smallest absolute Gasteiger partial charge is 0.169 e. The van der Waals surface area contributed by atoms with Gasteiger partial charge < -0.3 is 5.11 Å². The number of ketones is 1. The van der Waals surface area contributed by atoms with Gasteiger partial charge in [-0.05, 0) is 35.8 Å². The first kappa shape index (κ1) is 18.6. The van der Waals surface area contributed by atoms with Crippen molar-refractivity contribution in [1.29, 1.82) is 0 Å². The molecule has 0 unspecified atom stereocenters. The average Bonchev–Trinajstić information content (AvgIpc) is 2.89. The van der Waals surface area contributed by atoms with Crippen LogP contribution in [0.1, 0.15) is 49.4 Å². The zero-order chi connectivity index (χ0) is 17.0. The molecule has 1 aliphatic rings. The van der Waals surface area contributed by atoms with E-state index in [0.29, 0.717) is 6.04 Å². The highest BCUT2D eigenvalue weighted by atomic mass is 32.1. The molecule has 0 amide bonds. The van der Waals surface area contributed by atoms with Gasteiger partial charge in [-0.3, -0.25) is 14.6 Å². The lowest BCUT2D eigenvalue weighted by atomic mass is 9.94. The molecule has 1 aromatic rings. The maximum absolute atomic E-state index is 11.4. The molecule has 4 nitrogen and oxygen atoms in total. The van der Waals surface area contributed by atoms with Gasteiger partial charge in [-0.25, -0.2) is 0 Å². The third-order valence-electron chi connectivity index (χ3n) is 4.24. The van der Waals surface area contributed by atoms with Crippen molar-refractivity contribution in [3.8, 4) is 0 Å². The molecule has 0 saturated carbocycles. The van der Waals surface area contributed by atoms with Crippen LogP contribution in [0.15, 0.2) is 11.4 Å². The normalized spacial score (nSPS) is 20.8. The molecule has 2 heterocycles. The van der Waals surface area contributed by atoms with Gasteiger partial charge in [0.1, 0.15) is 0 Å². The quantitative estimate of drug-likeness (QED) is 0.810. The van der Waals surface area contributed by atoms with Gasteiger partial charge in [0.05, 0.1) is 4.88 Å². The standard InChI is InChI=1S/C18H30N2O2S/c1-14(22)17-9-15(12-23-17)10-19-6-7-20(13-18(2,3)4)16(11-19)5-8-21/h9,12,16,21H,5-8,10-11,13H2,1-4H3/t16-/m1/s1. The summed E-state index contributed by atoms with van der Waals surface area (Å²) in [6.07, 6.45) is 0.828. The summed E-state index contributed by atoms with van der Waals surface area (Å²) in [5.41, 5.74) is 1.51. The van der Waals surface area contributed by atoms with Gasteiger partial charge in [0.2, 0.25) is 0 Å². The fraction of sp³-hybridized carbons (Fsp3) is 0.722. The van der Waals surface area contributed by atoms with Crippen LogP contribution in [0.2, 0.25) is 0 Å². The highest BCUT2D eigenvalue weighted by molar-refractivity contribution is 7.12. The fourth-order valence-electron chi connectivity index (χ4n) is 3.24. The van der Waals surface area contributed by atoms with Crippen LogP contribution < -0.4 is 0 Å². The number of aliphatic hydroxyl groups excluding tert-OH is 1. The van der Waals surface area contributed by atoms with Gasteiger partial charge in [-0.15, -0.1) is 11.3 Å². The molecule has 0 aromatic carbocycles. The van der Waals surface area contributed by atoms with Crippen LogP contribution in [0.25, 0.3) is 0 Å². The average molecular weight is 339 g/mol. The minimum absolute atomic E-state index is 0.148. The summed E-state index contributed by atoms with van der Waals surface area (Å²) in [5, 5.41) is 11.5. The van der Waals surface area contributed by atoms with Crippen molar-refractivity contribution in [1.82, 2.24) is 9.80 Å². The van der Waals surface area contributed by atoms with Crippen LogP contribution in [0, 0.1) is 5.41 Å². The Bertz CT molecular complexity index is 521. The lowest BCUT2D eigenvalue weighted by Crippen LogP contribution is -2.54. The van der Waals surface area contributed by atoms with Crippen molar-refractivity contribution in [2.24, 2.45) is 5.41 Å². The summed E-state index contributed by atoms with van der Waals surface area (Å²) in [6.45, 7) is 13.7. The SMILES string of the molecule is CC(=O)c1cc(CN2CCN(CC(C)(C)C)[C@H](CCO)C2)cs1. The van der Waals surface area contributed by atoms with E-state index >= 15 is 0 Å². The molecule has 0 radical (unpaired) electrons. The summed E-state index contributed by atoms with van der Waals surface area (Å²) in [4.78, 5) is 17.3. The molecular weight excluding hydrogens is 308 g/mol. The van der Waals surface area contributed by atoms with Crippen LogP contribution in [-0.2, 0) is 6.54 Å². The highest BCUT2D eigenvalue weighted by Crippen LogP contribution is 2.23. The first-order valence-corrected chi connectivity index (χ1v) is 9.32. The van der Waals surface area contributed by atoms with E-state index in [1.807, 2.05) is 6.07 Å². The number of nitrogens with zero attached hydrogens (tertiary/aromatic N) is 2. The maximum atomic E-state index is 11.4. The van der Waals surface area contributed by atoms with E-state index in [0.717, 1.165) is 44.0 Å². The molecule has 0 aliphatic carbocycles. The van der Waals surface area contributed by atoms with Gasteiger partial charge >= 0.3 is 0 Å². The molecule has 0 bridgehead atoms. The second-order valence-corrected chi connectivity index (χ2v) is 8.72. The molecule has 2 rings (SSSR count). The maximum Gasteiger partial charge on any atom is 0.169 e. The highest BCUT2D eigenvalue weighted by Gasteiger charge is 2.29. The first-order chi connectivity index (χ1) is 10.8. The zero-order valence-corrected chi connectivity index (χ0v) is 15.7.